The normalized spacial score (nSPS) is 11.2. The topological polar surface area (TPSA) is 114 Å². The van der Waals surface area contributed by atoms with E-state index in [9.17, 15) is 13.8 Å². The van der Waals surface area contributed by atoms with Gasteiger partial charge >= 0.3 is 0 Å². The zero-order valence-electron chi connectivity index (χ0n) is 27.9. The number of nitrogens with zero attached hydrogens (tertiary/aromatic N) is 3. The first-order valence-corrected chi connectivity index (χ1v) is 17.4. The van der Waals surface area contributed by atoms with E-state index >= 15 is 0 Å². The first-order valence-electron chi connectivity index (χ1n) is 15.1. The lowest BCUT2D eigenvalue weighted by Gasteiger charge is -2.10. The van der Waals surface area contributed by atoms with Gasteiger partial charge < -0.3 is 19.7 Å². The van der Waals surface area contributed by atoms with Crippen molar-refractivity contribution >= 4 is 34.6 Å². The Hall–Kier alpha value is -3.77. The fraction of sp³-hybridized carbons (Fsp3) is 0.371. The molecule has 4 aromatic rings. The van der Waals surface area contributed by atoms with Crippen molar-refractivity contribution in [2.75, 3.05) is 33.4 Å². The third-order valence-corrected chi connectivity index (χ3v) is 7.61. The van der Waals surface area contributed by atoms with Crippen molar-refractivity contribution in [3.8, 4) is 5.75 Å². The molecule has 248 valence electrons. The molecular formula is C35H47N5O4S2. The summed E-state index contributed by atoms with van der Waals surface area (Å²) in [4.78, 5) is 34.1. The minimum Gasteiger partial charge on any atom is -0.401 e. The van der Waals surface area contributed by atoms with Gasteiger partial charge in [-0.15, -0.1) is 11.3 Å². The maximum Gasteiger partial charge on any atom is 0.251 e. The van der Waals surface area contributed by atoms with Crippen LogP contribution in [-0.2, 0) is 24.2 Å². The number of amides is 1. The van der Waals surface area contributed by atoms with Crippen LogP contribution < -0.4 is 14.8 Å². The molecule has 0 spiro atoms. The van der Waals surface area contributed by atoms with E-state index in [0.29, 0.717) is 24.3 Å². The Morgan fingerprint density at radius 1 is 1.07 bits per heavy atom. The average Bonchev–Trinajstić information content (AvgIpc) is 3.42. The van der Waals surface area contributed by atoms with Crippen LogP contribution in [0.1, 0.15) is 74.3 Å². The Morgan fingerprint density at radius 2 is 1.80 bits per heavy atom. The van der Waals surface area contributed by atoms with Gasteiger partial charge in [-0.3, -0.25) is 14.6 Å². The second-order valence-electron chi connectivity index (χ2n) is 11.2. The van der Waals surface area contributed by atoms with Gasteiger partial charge in [-0.1, -0.05) is 55.8 Å². The summed E-state index contributed by atoms with van der Waals surface area (Å²) in [5.41, 5.74) is 5.37. The minimum atomic E-state index is -1.54. The molecule has 0 aliphatic heterocycles. The van der Waals surface area contributed by atoms with Crippen molar-refractivity contribution in [3.63, 3.8) is 0 Å². The molecule has 1 amide bonds. The highest BCUT2D eigenvalue weighted by Crippen LogP contribution is 2.17. The van der Waals surface area contributed by atoms with Gasteiger partial charge in [0.25, 0.3) is 5.91 Å². The standard InChI is InChI=1S/C21H27N3O4S.C7H12N2S.C7H8/c1-15(2)19-8-17(12-23-13-19)11-22-5-4-6-24-21(26)18-7-16(14-25)9-20(10-18)28-29(3)27;1-6-5-10-7(8-6)4-9(2)3;1-7-5-3-2-4-6-7/h7-10,12-15,22H,4-6,11H2,1-3H3,(H,24,26);5H,4H2,1-3H3;2-6H,1H3. The summed E-state index contributed by atoms with van der Waals surface area (Å²) in [6.07, 6.45) is 6.48. The molecule has 46 heavy (non-hydrogen) atoms. The van der Waals surface area contributed by atoms with Crippen molar-refractivity contribution in [1.82, 2.24) is 25.5 Å². The van der Waals surface area contributed by atoms with Gasteiger partial charge in [-0.25, -0.2) is 9.19 Å². The lowest BCUT2D eigenvalue weighted by Crippen LogP contribution is -2.27. The Morgan fingerprint density at radius 3 is 2.37 bits per heavy atom. The molecule has 1 atom stereocenters. The number of nitrogens with one attached hydrogen (secondary N) is 2. The minimum absolute atomic E-state index is 0.222. The van der Waals surface area contributed by atoms with E-state index in [1.165, 1.54) is 40.6 Å². The maximum absolute atomic E-state index is 12.3. The number of hydrogen-bond acceptors (Lipinski definition) is 9. The van der Waals surface area contributed by atoms with Crippen LogP contribution in [0.3, 0.4) is 0 Å². The number of pyridine rings is 1. The number of thiazole rings is 1. The molecule has 9 nitrogen and oxygen atoms in total. The molecule has 2 aromatic heterocycles. The molecule has 0 saturated carbocycles. The summed E-state index contributed by atoms with van der Waals surface area (Å²) in [6.45, 7) is 11.3. The number of aromatic nitrogens is 2. The SMILES string of the molecule is CC(C)c1cncc(CNCCCNC(=O)c2cc(C=O)cc(OS(C)=O)c2)c1.Cc1ccccc1.Cc1csc(CN(C)C)n1. The molecule has 2 aromatic carbocycles. The van der Waals surface area contributed by atoms with Gasteiger partial charge in [0.05, 0.1) is 0 Å². The number of aryl methyl sites for hydroxylation is 2. The molecule has 0 radical (unpaired) electrons. The number of carbonyl (C=O) groups excluding carboxylic acids is 2. The summed E-state index contributed by atoms with van der Waals surface area (Å²) in [6, 6.07) is 16.8. The second kappa shape index (κ2) is 21.1. The molecule has 0 aliphatic rings. The molecule has 4 rings (SSSR count). The predicted octanol–water partition coefficient (Wildman–Crippen LogP) is 6.11. The average molecular weight is 666 g/mol. The molecule has 1 unspecified atom stereocenters. The van der Waals surface area contributed by atoms with Crippen molar-refractivity contribution in [2.24, 2.45) is 0 Å². The number of benzene rings is 2. The third kappa shape index (κ3) is 16.0. The van der Waals surface area contributed by atoms with Crippen LogP contribution in [0.2, 0.25) is 0 Å². The van der Waals surface area contributed by atoms with E-state index < -0.39 is 11.1 Å². The zero-order valence-corrected chi connectivity index (χ0v) is 29.5. The Balaban J connectivity index is 0.000000348. The first kappa shape index (κ1) is 38.4. The van der Waals surface area contributed by atoms with Crippen molar-refractivity contribution in [3.05, 3.63) is 111 Å². The van der Waals surface area contributed by atoms with Crippen LogP contribution >= 0.6 is 11.3 Å². The third-order valence-electron chi connectivity index (χ3n) is 6.23. The highest BCUT2D eigenvalue weighted by molar-refractivity contribution is 7.79. The van der Waals surface area contributed by atoms with Crippen molar-refractivity contribution in [2.45, 2.75) is 53.1 Å². The van der Waals surface area contributed by atoms with Gasteiger partial charge in [0.2, 0.25) is 11.1 Å². The van der Waals surface area contributed by atoms with Gasteiger partial charge in [-0.05, 0) is 76.2 Å². The molecular weight excluding hydrogens is 619 g/mol. The van der Waals surface area contributed by atoms with Crippen LogP contribution in [0.15, 0.2) is 72.4 Å². The second-order valence-corrected chi connectivity index (χ2v) is 13.1. The first-order chi connectivity index (χ1) is 22.0. The predicted molar refractivity (Wildman–Crippen MR) is 189 cm³/mol. The Labute approximate surface area is 280 Å². The van der Waals surface area contributed by atoms with E-state index in [1.807, 2.05) is 37.5 Å². The maximum atomic E-state index is 12.3. The largest absolute Gasteiger partial charge is 0.401 e. The van der Waals surface area contributed by atoms with Crippen LogP contribution in [-0.4, -0.2) is 64.7 Å². The number of rotatable bonds is 13. The lowest BCUT2D eigenvalue weighted by molar-refractivity contribution is 0.0953. The molecule has 2 N–H and O–H groups in total. The molecule has 0 aliphatic carbocycles. The lowest BCUT2D eigenvalue weighted by atomic mass is 10.0. The molecule has 0 fully saturated rings. The van der Waals surface area contributed by atoms with Crippen molar-refractivity contribution in [1.29, 1.82) is 0 Å². The van der Waals surface area contributed by atoms with E-state index in [1.54, 1.807) is 11.3 Å². The number of carbonyl (C=O) groups is 2. The van der Waals surface area contributed by atoms with Gasteiger partial charge in [0.15, 0.2) is 0 Å². The van der Waals surface area contributed by atoms with Crippen molar-refractivity contribution < 1.29 is 18.0 Å². The van der Waals surface area contributed by atoms with Gasteiger partial charge in [0.1, 0.15) is 17.0 Å². The van der Waals surface area contributed by atoms with E-state index in [2.05, 4.69) is 83.9 Å². The van der Waals surface area contributed by atoms with Gasteiger partial charge in [-0.2, -0.15) is 0 Å². The highest BCUT2D eigenvalue weighted by Gasteiger charge is 2.10. The fourth-order valence-electron chi connectivity index (χ4n) is 3.96. The summed E-state index contributed by atoms with van der Waals surface area (Å²) in [7, 11) is 4.10. The molecule has 0 saturated heterocycles. The van der Waals surface area contributed by atoms with E-state index in [-0.39, 0.29) is 17.2 Å². The van der Waals surface area contributed by atoms with Crippen LogP contribution in [0.5, 0.6) is 5.75 Å². The van der Waals surface area contributed by atoms with Crippen LogP contribution in [0.25, 0.3) is 0 Å². The summed E-state index contributed by atoms with van der Waals surface area (Å²) >= 11 is 0.187. The van der Waals surface area contributed by atoms with E-state index in [4.69, 9.17) is 4.18 Å². The monoisotopic (exact) mass is 665 g/mol. The van der Waals surface area contributed by atoms with Gasteiger partial charge in [0, 0.05) is 60.5 Å². The summed E-state index contributed by atoms with van der Waals surface area (Å²) in [5, 5.41) is 9.43. The fourth-order valence-corrected chi connectivity index (χ4v) is 5.21. The number of hydrogen-bond donors (Lipinski definition) is 2. The number of aldehydes is 1. The molecule has 2 heterocycles. The molecule has 0 bridgehead atoms. The molecule has 11 heteroatoms. The Kier molecular flexibility index (Phi) is 17.6. The van der Waals surface area contributed by atoms with Crippen LogP contribution in [0.4, 0.5) is 0 Å². The quantitative estimate of drug-likeness (QED) is 0.130. The Bertz CT molecular complexity index is 1510. The van der Waals surface area contributed by atoms with Crippen LogP contribution in [0, 0.1) is 13.8 Å². The highest BCUT2D eigenvalue weighted by atomic mass is 32.2. The van der Waals surface area contributed by atoms with E-state index in [0.717, 1.165) is 37.3 Å². The summed E-state index contributed by atoms with van der Waals surface area (Å²) in [5.74, 6) is 0.354. The zero-order chi connectivity index (χ0) is 33.9. The smallest absolute Gasteiger partial charge is 0.251 e. The summed E-state index contributed by atoms with van der Waals surface area (Å²) < 4.78 is 16.3.